The third kappa shape index (κ3) is 12.1. The van der Waals surface area contributed by atoms with Crippen LogP contribution < -0.4 is 0 Å². The minimum atomic E-state index is -1.68. The summed E-state index contributed by atoms with van der Waals surface area (Å²) in [7, 11) is 4.53. The molecule has 4 saturated carbocycles. The Labute approximate surface area is 474 Å². The van der Waals surface area contributed by atoms with Gasteiger partial charge in [0.25, 0.3) is 0 Å². The van der Waals surface area contributed by atoms with E-state index in [2.05, 4.69) is 6.92 Å². The van der Waals surface area contributed by atoms with Gasteiger partial charge >= 0.3 is 11.9 Å². The molecule has 29 atom stereocenters. The highest BCUT2D eigenvalue weighted by Gasteiger charge is 2.76. The van der Waals surface area contributed by atoms with Crippen molar-refractivity contribution in [1.82, 2.24) is 0 Å². The normalized spacial score (nSPS) is 48.6. The maximum atomic E-state index is 13.9. The largest absolute Gasteiger partial charge is 0.458 e. The number of aliphatic hydroxyl groups is 7. The zero-order valence-electron chi connectivity index (χ0n) is 48.4. The lowest BCUT2D eigenvalue weighted by Gasteiger charge is -2.67. The van der Waals surface area contributed by atoms with E-state index in [0.717, 1.165) is 12.0 Å². The Kier molecular flexibility index (Phi) is 19.8. The third-order valence-electron chi connectivity index (χ3n) is 20.2. The number of hydrogen-bond donors (Lipinski definition) is 7. The molecule has 0 bridgehead atoms. The summed E-state index contributed by atoms with van der Waals surface area (Å²) in [6, 6.07) is 9.39. The van der Waals surface area contributed by atoms with Crippen molar-refractivity contribution in [2.75, 3.05) is 27.9 Å². The van der Waals surface area contributed by atoms with E-state index in [0.29, 0.717) is 44.9 Å². The van der Waals surface area contributed by atoms with Gasteiger partial charge in [0, 0.05) is 58.5 Å². The van der Waals surface area contributed by atoms with Gasteiger partial charge in [-0.25, -0.2) is 4.79 Å². The fraction of sp³-hybridized carbons (Fsp3) is 0.831. The monoisotopic (exact) mass is 1150 g/mol. The summed E-state index contributed by atoms with van der Waals surface area (Å²) >= 11 is 0. The summed E-state index contributed by atoms with van der Waals surface area (Å²) in [5, 5.41) is 77.0. The van der Waals surface area contributed by atoms with Crippen LogP contribution in [-0.2, 0) is 71.2 Å². The predicted molar refractivity (Wildman–Crippen MR) is 284 cm³/mol. The Morgan fingerprint density at radius 1 is 0.691 bits per heavy atom. The molecule has 29 unspecified atom stereocenters. The van der Waals surface area contributed by atoms with E-state index in [4.69, 9.17) is 61.6 Å². The molecular formula is C59H90O22. The molecule has 8 aliphatic rings. The van der Waals surface area contributed by atoms with E-state index in [1.807, 2.05) is 44.2 Å². The molecule has 0 aromatic heterocycles. The molecule has 4 heterocycles. The van der Waals surface area contributed by atoms with Crippen molar-refractivity contribution in [3.63, 3.8) is 0 Å². The number of carbonyl (C=O) groups is 2. The van der Waals surface area contributed by atoms with Gasteiger partial charge < -0.3 is 97.3 Å². The molecule has 22 nitrogen and oxygen atoms in total. The van der Waals surface area contributed by atoms with Crippen LogP contribution in [-0.4, -0.2) is 216 Å². The summed E-state index contributed by atoms with van der Waals surface area (Å²) in [6.07, 6.45) is -13.0. The first-order valence-electron chi connectivity index (χ1n) is 29.2. The van der Waals surface area contributed by atoms with Crippen molar-refractivity contribution in [1.29, 1.82) is 0 Å². The molecule has 458 valence electrons. The number of esters is 2. The molecule has 1 aromatic carbocycles. The molecule has 7 N–H and O–H groups in total. The van der Waals surface area contributed by atoms with Crippen LogP contribution in [0.3, 0.4) is 0 Å². The Morgan fingerprint density at radius 2 is 1.31 bits per heavy atom. The highest BCUT2D eigenvalue weighted by molar-refractivity contribution is 5.87. The molecule has 4 aliphatic carbocycles. The number of fused-ring (bicyclic) bond motifs is 5. The van der Waals surface area contributed by atoms with Gasteiger partial charge in [0.2, 0.25) is 0 Å². The molecule has 22 heteroatoms. The number of methoxy groups -OCH3 is 3. The van der Waals surface area contributed by atoms with Gasteiger partial charge in [-0.05, 0) is 107 Å². The van der Waals surface area contributed by atoms with Crippen molar-refractivity contribution < 1.29 is 107 Å². The number of benzene rings is 1. The van der Waals surface area contributed by atoms with Gasteiger partial charge in [0.15, 0.2) is 25.2 Å². The second-order valence-electron chi connectivity index (χ2n) is 24.7. The molecule has 1 aromatic rings. The van der Waals surface area contributed by atoms with E-state index < -0.39 is 170 Å². The zero-order valence-corrected chi connectivity index (χ0v) is 48.4. The summed E-state index contributed by atoms with van der Waals surface area (Å²) < 4.78 is 81.2. The lowest BCUT2D eigenvalue weighted by atomic mass is 9.41. The van der Waals surface area contributed by atoms with Gasteiger partial charge in [-0.15, -0.1) is 0 Å². The van der Waals surface area contributed by atoms with Crippen LogP contribution in [0.1, 0.15) is 112 Å². The second-order valence-corrected chi connectivity index (χ2v) is 24.7. The average Bonchev–Trinajstić information content (AvgIpc) is 3.69. The summed E-state index contributed by atoms with van der Waals surface area (Å²) in [5.41, 5.74) is -2.08. The lowest BCUT2D eigenvalue weighted by Crippen LogP contribution is -2.73. The van der Waals surface area contributed by atoms with E-state index in [1.165, 1.54) is 20.1 Å². The molecule has 0 spiro atoms. The summed E-state index contributed by atoms with van der Waals surface area (Å²) in [6.45, 7) is 11.9. The lowest BCUT2D eigenvalue weighted by molar-refractivity contribution is -0.373. The van der Waals surface area contributed by atoms with Crippen LogP contribution in [0, 0.1) is 34.5 Å². The number of rotatable bonds is 17. The van der Waals surface area contributed by atoms with Crippen LogP contribution in [0.2, 0.25) is 0 Å². The first-order chi connectivity index (χ1) is 38.5. The van der Waals surface area contributed by atoms with Crippen molar-refractivity contribution in [2.45, 2.75) is 247 Å². The maximum absolute atomic E-state index is 13.9. The Morgan fingerprint density at radius 3 is 1.93 bits per heavy atom. The molecule has 9 rings (SSSR count). The van der Waals surface area contributed by atoms with Crippen LogP contribution in [0.5, 0.6) is 0 Å². The molecule has 8 fully saturated rings. The Bertz CT molecular complexity index is 2270. The second kappa shape index (κ2) is 25.6. The minimum Gasteiger partial charge on any atom is -0.458 e. The van der Waals surface area contributed by atoms with Gasteiger partial charge in [0.05, 0.1) is 54.9 Å². The Balaban J connectivity index is 0.824. The van der Waals surface area contributed by atoms with Crippen molar-refractivity contribution in [3.05, 3.63) is 42.0 Å². The van der Waals surface area contributed by atoms with E-state index >= 15 is 0 Å². The predicted octanol–water partition coefficient (Wildman–Crippen LogP) is 2.68. The van der Waals surface area contributed by atoms with Gasteiger partial charge in [0.1, 0.15) is 67.1 Å². The molecule has 4 saturated heterocycles. The zero-order chi connectivity index (χ0) is 58.5. The van der Waals surface area contributed by atoms with Crippen LogP contribution >= 0.6 is 0 Å². The van der Waals surface area contributed by atoms with Gasteiger partial charge in [-0.2, -0.15) is 0 Å². The standard InChI is InChI=1S/C59H90O22/c1-28(61)36-21-23-59(68)37-18-17-34-24-35(20-22-57(34,6)44(37)52(75-32(5)62)54(58(36,59)7)78-41(63)19-16-33-14-12-11-13-15-33)76-42-25-38(69-8)49(29(2)72-42)79-43-26-39(70-9)50(30(3)73-43)80-56-48(67)53(71-10)51(31(4)74-56)81-55-47(66)46(65)45(64)40(27-60)77-55/h11-16,19,28-31,34-40,42-56,60-61,64-68H,17-18,20-27H2,1-10H3/b19-16+. The highest BCUT2D eigenvalue weighted by Crippen LogP contribution is 2.70. The SMILES string of the molecule is COC1CC(OC2CCC3(C)C(CCC4C3C(OC(C)=O)C(OC(=O)/C=C/c3ccccc3)C3(C)C(C(C)O)CCC43O)C2)OC(C)C1OC1CC(OC)C(OC2OC(C)C(OC3OC(CO)C(O)C(O)C3O)C(OC)C2O)C(C)O1. The first-order valence-corrected chi connectivity index (χ1v) is 29.2. The number of ether oxygens (including phenoxy) is 13. The molecule has 0 radical (unpaired) electrons. The van der Waals surface area contributed by atoms with Crippen LogP contribution in [0.4, 0.5) is 0 Å². The van der Waals surface area contributed by atoms with Crippen molar-refractivity contribution >= 4 is 18.0 Å². The fourth-order valence-corrected chi connectivity index (χ4v) is 16.0. The highest BCUT2D eigenvalue weighted by atomic mass is 16.8. The van der Waals surface area contributed by atoms with Gasteiger partial charge in [-0.1, -0.05) is 44.2 Å². The van der Waals surface area contributed by atoms with Crippen LogP contribution in [0.25, 0.3) is 6.08 Å². The van der Waals surface area contributed by atoms with Gasteiger partial charge in [-0.3, -0.25) is 4.79 Å². The van der Waals surface area contributed by atoms with E-state index in [-0.39, 0.29) is 30.3 Å². The molecular weight excluding hydrogens is 1060 g/mol. The van der Waals surface area contributed by atoms with E-state index in [9.17, 15) is 45.3 Å². The minimum absolute atomic E-state index is 0.0998. The quantitative estimate of drug-likeness (QED) is 0.0670. The third-order valence-corrected chi connectivity index (χ3v) is 20.2. The first kappa shape index (κ1) is 62.7. The van der Waals surface area contributed by atoms with E-state index in [1.54, 1.807) is 41.1 Å². The molecule has 0 amide bonds. The number of hydrogen-bond acceptors (Lipinski definition) is 22. The molecule has 81 heavy (non-hydrogen) atoms. The van der Waals surface area contributed by atoms with Crippen molar-refractivity contribution in [3.8, 4) is 0 Å². The molecule has 4 aliphatic heterocycles. The summed E-state index contributed by atoms with van der Waals surface area (Å²) in [4.78, 5) is 27.1. The average molecular weight is 1150 g/mol. The van der Waals surface area contributed by atoms with Crippen LogP contribution in [0.15, 0.2) is 36.4 Å². The Hall–Kier alpha value is -2.82. The topological polar surface area (TPSA) is 296 Å². The fourth-order valence-electron chi connectivity index (χ4n) is 16.0. The summed E-state index contributed by atoms with van der Waals surface area (Å²) in [5.74, 6) is -2.11. The smallest absolute Gasteiger partial charge is 0.331 e. The number of aliphatic hydroxyl groups excluding tert-OH is 6. The number of carbonyl (C=O) groups excluding carboxylic acids is 2. The van der Waals surface area contributed by atoms with Crippen molar-refractivity contribution in [2.24, 2.45) is 34.5 Å². The maximum Gasteiger partial charge on any atom is 0.331 e.